The van der Waals surface area contributed by atoms with Crippen LogP contribution in [0, 0.1) is 5.92 Å². The zero-order valence-electron chi connectivity index (χ0n) is 18.4. The largest absolute Gasteiger partial charge is 0.467 e. The molecule has 1 N–H and O–H groups in total. The number of carbonyl (C=O) groups is 1. The van der Waals surface area contributed by atoms with Gasteiger partial charge in [-0.1, -0.05) is 30.3 Å². The quantitative estimate of drug-likeness (QED) is 0.461. The fraction of sp³-hybridized carbons (Fsp3) is 0.609. The molecule has 31 heavy (non-hydrogen) atoms. The summed E-state index contributed by atoms with van der Waals surface area (Å²) in [5, 5.41) is 12.7. The lowest BCUT2D eigenvalue weighted by atomic mass is 9.97. The van der Waals surface area contributed by atoms with E-state index in [1.165, 1.54) is 43.0 Å². The van der Waals surface area contributed by atoms with Crippen molar-refractivity contribution >= 4 is 23.6 Å². The summed E-state index contributed by atoms with van der Waals surface area (Å²) in [6.07, 6.45) is 12.2. The molecule has 1 fully saturated rings. The van der Waals surface area contributed by atoms with E-state index in [9.17, 15) is 4.79 Å². The second-order valence-corrected chi connectivity index (χ2v) is 9.56. The second-order valence-electron chi connectivity index (χ2n) is 8.61. The van der Waals surface area contributed by atoms with Crippen molar-refractivity contribution in [1.29, 1.82) is 0 Å². The minimum atomic E-state index is 0.0438. The molecule has 0 saturated carbocycles. The molecule has 0 spiro atoms. The van der Waals surface area contributed by atoms with Crippen LogP contribution in [0.15, 0.2) is 39.6 Å². The molecule has 1 aliphatic carbocycles. The van der Waals surface area contributed by atoms with E-state index in [2.05, 4.69) is 38.0 Å². The highest BCUT2D eigenvalue weighted by atomic mass is 32.2. The molecule has 1 amide bonds. The van der Waals surface area contributed by atoms with E-state index in [-0.39, 0.29) is 5.91 Å². The number of amides is 1. The number of aromatic nitrogens is 3. The summed E-state index contributed by atoms with van der Waals surface area (Å²) in [7, 11) is 0. The molecule has 2 aliphatic rings. The maximum Gasteiger partial charge on any atom is 0.230 e. The average Bonchev–Trinajstić information content (AvgIpc) is 3.44. The second kappa shape index (κ2) is 10.9. The molecule has 168 valence electrons. The summed E-state index contributed by atoms with van der Waals surface area (Å²) in [5.41, 5.74) is 1.48. The highest BCUT2D eigenvalue weighted by molar-refractivity contribution is 7.99. The standard InChI is InChI=1S/C23H33N5O2S/c1-18-10-13-27(14-11-18)22-25-26-23(28(22)16-20-8-5-15-30-20)31-17-21(29)24-12-9-19-6-3-2-4-7-19/h5-6,8,15,18H,2-4,7,9-14,16-17H2,1H3,(H,24,29). The molecule has 4 rings (SSSR count). The van der Waals surface area contributed by atoms with Crippen LogP contribution in [0.4, 0.5) is 5.95 Å². The molecular formula is C23H33N5O2S. The summed E-state index contributed by atoms with van der Waals surface area (Å²) < 4.78 is 7.65. The van der Waals surface area contributed by atoms with Gasteiger partial charge in [0, 0.05) is 19.6 Å². The number of thioether (sulfide) groups is 1. The first-order valence-corrected chi connectivity index (χ1v) is 12.5. The fourth-order valence-corrected chi connectivity index (χ4v) is 4.97. The Bertz CT molecular complexity index is 869. The predicted octanol–water partition coefficient (Wildman–Crippen LogP) is 4.25. The summed E-state index contributed by atoms with van der Waals surface area (Å²) in [5.74, 6) is 2.86. The molecule has 1 aliphatic heterocycles. The maximum atomic E-state index is 12.4. The number of hydrogen-bond acceptors (Lipinski definition) is 6. The van der Waals surface area contributed by atoms with E-state index in [4.69, 9.17) is 4.42 Å². The van der Waals surface area contributed by atoms with Crippen LogP contribution in [-0.2, 0) is 11.3 Å². The number of rotatable bonds is 9. The van der Waals surface area contributed by atoms with E-state index >= 15 is 0 Å². The van der Waals surface area contributed by atoms with E-state index in [1.807, 2.05) is 12.1 Å². The first kappa shape index (κ1) is 22.0. The molecule has 0 atom stereocenters. The zero-order valence-corrected chi connectivity index (χ0v) is 19.2. The molecule has 2 aromatic rings. The number of carbonyl (C=O) groups excluding carboxylic acids is 1. The summed E-state index contributed by atoms with van der Waals surface area (Å²) in [6, 6.07) is 3.85. The number of piperidine rings is 1. The van der Waals surface area contributed by atoms with Crippen molar-refractivity contribution in [3.8, 4) is 0 Å². The molecule has 7 nitrogen and oxygen atoms in total. The Morgan fingerprint density at radius 3 is 2.90 bits per heavy atom. The number of nitrogens with zero attached hydrogens (tertiary/aromatic N) is 4. The van der Waals surface area contributed by atoms with Crippen LogP contribution in [0.25, 0.3) is 0 Å². The van der Waals surface area contributed by atoms with Crippen molar-refractivity contribution in [2.24, 2.45) is 5.92 Å². The first-order chi connectivity index (χ1) is 15.2. The SMILES string of the molecule is CC1CCN(c2nnc(SCC(=O)NCCC3=CCCCC3)n2Cc2ccco2)CC1. The van der Waals surface area contributed by atoms with Gasteiger partial charge in [0.1, 0.15) is 5.76 Å². The normalized spacial score (nSPS) is 17.6. The molecule has 3 heterocycles. The van der Waals surface area contributed by atoms with Crippen LogP contribution in [0.5, 0.6) is 0 Å². The Balaban J connectivity index is 1.35. The zero-order chi connectivity index (χ0) is 21.5. The topological polar surface area (TPSA) is 76.2 Å². The van der Waals surface area contributed by atoms with Gasteiger partial charge in [-0.2, -0.15) is 0 Å². The van der Waals surface area contributed by atoms with Crippen LogP contribution in [0.1, 0.15) is 57.6 Å². The predicted molar refractivity (Wildman–Crippen MR) is 123 cm³/mol. The molecule has 0 bridgehead atoms. The lowest BCUT2D eigenvalue weighted by Crippen LogP contribution is -2.35. The van der Waals surface area contributed by atoms with E-state index in [1.54, 1.807) is 6.26 Å². The van der Waals surface area contributed by atoms with Gasteiger partial charge in [0.2, 0.25) is 11.9 Å². The van der Waals surface area contributed by atoms with Gasteiger partial charge in [0.05, 0.1) is 18.6 Å². The minimum absolute atomic E-state index is 0.0438. The lowest BCUT2D eigenvalue weighted by molar-refractivity contribution is -0.118. The fourth-order valence-electron chi connectivity index (χ4n) is 4.20. The molecule has 0 radical (unpaired) electrons. The van der Waals surface area contributed by atoms with Gasteiger partial charge in [0.15, 0.2) is 5.16 Å². The highest BCUT2D eigenvalue weighted by Gasteiger charge is 2.23. The Hall–Kier alpha value is -2.22. The Morgan fingerprint density at radius 1 is 1.29 bits per heavy atom. The lowest BCUT2D eigenvalue weighted by Gasteiger charge is -2.31. The van der Waals surface area contributed by atoms with Gasteiger partial charge in [-0.15, -0.1) is 10.2 Å². The molecular weight excluding hydrogens is 410 g/mol. The molecule has 0 aromatic carbocycles. The summed E-state index contributed by atoms with van der Waals surface area (Å²) >= 11 is 1.44. The Kier molecular flexibility index (Phi) is 7.72. The van der Waals surface area contributed by atoms with Crippen molar-refractivity contribution in [2.45, 2.75) is 63.6 Å². The van der Waals surface area contributed by atoms with Crippen molar-refractivity contribution in [1.82, 2.24) is 20.1 Å². The summed E-state index contributed by atoms with van der Waals surface area (Å²) in [6.45, 7) is 5.55. The van der Waals surface area contributed by atoms with Gasteiger partial charge >= 0.3 is 0 Å². The van der Waals surface area contributed by atoms with Gasteiger partial charge < -0.3 is 14.6 Å². The highest BCUT2D eigenvalue weighted by Crippen LogP contribution is 2.27. The minimum Gasteiger partial charge on any atom is -0.467 e. The smallest absolute Gasteiger partial charge is 0.230 e. The molecule has 0 unspecified atom stereocenters. The van der Waals surface area contributed by atoms with E-state index in [0.717, 1.165) is 55.1 Å². The van der Waals surface area contributed by atoms with Crippen LogP contribution in [-0.4, -0.2) is 46.1 Å². The average molecular weight is 444 g/mol. The van der Waals surface area contributed by atoms with Crippen LogP contribution in [0.2, 0.25) is 0 Å². The third-order valence-corrected chi connectivity index (χ3v) is 7.11. The number of nitrogens with one attached hydrogen (secondary N) is 1. The summed E-state index contributed by atoms with van der Waals surface area (Å²) in [4.78, 5) is 14.7. The van der Waals surface area contributed by atoms with Gasteiger partial charge in [0.25, 0.3) is 0 Å². The number of hydrogen-bond donors (Lipinski definition) is 1. The van der Waals surface area contributed by atoms with Gasteiger partial charge in [-0.3, -0.25) is 9.36 Å². The van der Waals surface area contributed by atoms with Gasteiger partial charge in [-0.05, 0) is 63.0 Å². The molecule has 2 aromatic heterocycles. The van der Waals surface area contributed by atoms with Gasteiger partial charge in [-0.25, -0.2) is 0 Å². The van der Waals surface area contributed by atoms with Crippen LogP contribution in [0.3, 0.4) is 0 Å². The number of allylic oxidation sites excluding steroid dienone is 1. The Labute approximate surface area is 188 Å². The van der Waals surface area contributed by atoms with Crippen LogP contribution >= 0.6 is 11.8 Å². The molecule has 8 heteroatoms. The third-order valence-electron chi connectivity index (χ3n) is 6.14. The van der Waals surface area contributed by atoms with Crippen molar-refractivity contribution < 1.29 is 9.21 Å². The maximum absolute atomic E-state index is 12.4. The van der Waals surface area contributed by atoms with Crippen molar-refractivity contribution in [3.05, 3.63) is 35.8 Å². The molecule has 1 saturated heterocycles. The van der Waals surface area contributed by atoms with E-state index < -0.39 is 0 Å². The van der Waals surface area contributed by atoms with Crippen molar-refractivity contribution in [2.75, 3.05) is 30.3 Å². The van der Waals surface area contributed by atoms with Crippen LogP contribution < -0.4 is 10.2 Å². The Morgan fingerprint density at radius 2 is 2.16 bits per heavy atom. The third kappa shape index (κ3) is 6.15. The monoisotopic (exact) mass is 443 g/mol. The van der Waals surface area contributed by atoms with E-state index in [0.29, 0.717) is 18.8 Å². The van der Waals surface area contributed by atoms with Crippen molar-refractivity contribution in [3.63, 3.8) is 0 Å². The first-order valence-electron chi connectivity index (χ1n) is 11.5. The number of furan rings is 1. The number of anilines is 1.